The van der Waals surface area contributed by atoms with Crippen LogP contribution in [0.3, 0.4) is 0 Å². The third-order valence-electron chi connectivity index (χ3n) is 3.20. The monoisotopic (exact) mass is 265 g/mol. The Bertz CT molecular complexity index is 719. The average Bonchev–Trinajstić information content (AvgIpc) is 2.93. The molecule has 100 valence electrons. The molecule has 0 radical (unpaired) electrons. The minimum atomic E-state index is 0.0286. The van der Waals surface area contributed by atoms with Crippen LogP contribution in [0.5, 0.6) is 0 Å². The Morgan fingerprint density at radius 3 is 2.80 bits per heavy atom. The van der Waals surface area contributed by atoms with E-state index in [0.717, 1.165) is 22.0 Å². The highest BCUT2D eigenvalue weighted by Crippen LogP contribution is 2.12. The van der Waals surface area contributed by atoms with E-state index >= 15 is 0 Å². The Morgan fingerprint density at radius 1 is 1.10 bits per heavy atom. The van der Waals surface area contributed by atoms with Crippen molar-refractivity contribution in [2.24, 2.45) is 0 Å². The number of H-pyrrole nitrogens is 1. The van der Waals surface area contributed by atoms with Crippen molar-refractivity contribution in [1.82, 2.24) is 15.5 Å². The maximum absolute atomic E-state index is 11.9. The van der Waals surface area contributed by atoms with E-state index in [1.54, 1.807) is 6.20 Å². The van der Waals surface area contributed by atoms with Gasteiger partial charge >= 0.3 is 0 Å². The Morgan fingerprint density at radius 2 is 1.95 bits per heavy atom. The number of aromatic nitrogens is 2. The number of benzene rings is 2. The van der Waals surface area contributed by atoms with Gasteiger partial charge in [0.25, 0.3) is 0 Å². The number of aromatic amines is 1. The Labute approximate surface area is 116 Å². The maximum Gasteiger partial charge on any atom is 0.224 e. The molecule has 1 heterocycles. The second-order valence-corrected chi connectivity index (χ2v) is 4.73. The molecule has 0 aliphatic carbocycles. The van der Waals surface area contributed by atoms with Gasteiger partial charge < -0.3 is 5.32 Å². The zero-order valence-corrected chi connectivity index (χ0v) is 11.0. The van der Waals surface area contributed by atoms with Crippen LogP contribution < -0.4 is 5.32 Å². The summed E-state index contributed by atoms with van der Waals surface area (Å²) in [7, 11) is 0. The number of rotatable bonds is 4. The zero-order chi connectivity index (χ0) is 13.8. The molecule has 3 aromatic rings. The van der Waals surface area contributed by atoms with E-state index < -0.39 is 0 Å². The minimum Gasteiger partial charge on any atom is -0.352 e. The largest absolute Gasteiger partial charge is 0.352 e. The summed E-state index contributed by atoms with van der Waals surface area (Å²) in [5.74, 6) is 0.0286. The van der Waals surface area contributed by atoms with Crippen LogP contribution in [0.25, 0.3) is 10.9 Å². The molecular formula is C16H15N3O. The molecule has 4 nitrogen and oxygen atoms in total. The second-order valence-electron chi connectivity index (χ2n) is 4.73. The van der Waals surface area contributed by atoms with Gasteiger partial charge in [-0.1, -0.05) is 42.5 Å². The van der Waals surface area contributed by atoms with Crippen molar-refractivity contribution in [3.8, 4) is 0 Å². The molecule has 1 aromatic heterocycles. The lowest BCUT2D eigenvalue weighted by Crippen LogP contribution is -2.24. The van der Waals surface area contributed by atoms with Gasteiger partial charge in [0.05, 0.1) is 18.1 Å². The molecule has 3 rings (SSSR count). The Balaban J connectivity index is 1.59. The van der Waals surface area contributed by atoms with Crippen LogP contribution in [0, 0.1) is 0 Å². The third kappa shape index (κ3) is 2.85. The summed E-state index contributed by atoms with van der Waals surface area (Å²) in [6.07, 6.45) is 2.19. The molecule has 0 aliphatic heterocycles. The van der Waals surface area contributed by atoms with Crippen molar-refractivity contribution in [2.75, 3.05) is 0 Å². The number of hydrogen-bond acceptors (Lipinski definition) is 2. The summed E-state index contributed by atoms with van der Waals surface area (Å²) >= 11 is 0. The van der Waals surface area contributed by atoms with Gasteiger partial charge in [0, 0.05) is 11.9 Å². The van der Waals surface area contributed by atoms with Gasteiger partial charge in [-0.05, 0) is 17.2 Å². The van der Waals surface area contributed by atoms with Crippen LogP contribution in [0.2, 0.25) is 0 Å². The summed E-state index contributed by atoms with van der Waals surface area (Å²) in [4.78, 5) is 11.9. The second kappa shape index (κ2) is 5.57. The Hall–Kier alpha value is -2.62. The van der Waals surface area contributed by atoms with Crippen molar-refractivity contribution < 1.29 is 4.79 Å². The van der Waals surface area contributed by atoms with Crippen LogP contribution in [-0.4, -0.2) is 16.1 Å². The number of nitrogens with zero attached hydrogens (tertiary/aromatic N) is 1. The van der Waals surface area contributed by atoms with Gasteiger partial charge in [0.15, 0.2) is 0 Å². The molecule has 2 N–H and O–H groups in total. The van der Waals surface area contributed by atoms with Crippen LogP contribution in [0.1, 0.15) is 11.1 Å². The molecule has 0 bridgehead atoms. The van der Waals surface area contributed by atoms with Crippen molar-refractivity contribution in [3.05, 3.63) is 65.9 Å². The molecular weight excluding hydrogens is 250 g/mol. The molecule has 0 spiro atoms. The first-order chi connectivity index (χ1) is 9.81. The predicted octanol–water partition coefficient (Wildman–Crippen LogP) is 2.42. The van der Waals surface area contributed by atoms with E-state index in [1.165, 1.54) is 0 Å². The lowest BCUT2D eigenvalue weighted by molar-refractivity contribution is -0.120. The molecule has 0 aliphatic rings. The number of carbonyl (C=O) groups excluding carboxylic acids is 1. The van der Waals surface area contributed by atoms with E-state index in [9.17, 15) is 4.79 Å². The first kappa shape index (κ1) is 12.4. The molecule has 4 heteroatoms. The number of fused-ring (bicyclic) bond motifs is 1. The van der Waals surface area contributed by atoms with Gasteiger partial charge in [-0.25, -0.2) is 0 Å². The first-order valence-electron chi connectivity index (χ1n) is 6.54. The summed E-state index contributed by atoms with van der Waals surface area (Å²) in [5.41, 5.74) is 3.07. The van der Waals surface area contributed by atoms with Gasteiger partial charge in [-0.2, -0.15) is 5.10 Å². The van der Waals surface area contributed by atoms with Crippen molar-refractivity contribution in [1.29, 1.82) is 0 Å². The first-order valence-corrected chi connectivity index (χ1v) is 6.54. The van der Waals surface area contributed by atoms with Gasteiger partial charge in [0.2, 0.25) is 5.91 Å². The van der Waals surface area contributed by atoms with Crippen LogP contribution >= 0.6 is 0 Å². The van der Waals surface area contributed by atoms with Crippen LogP contribution in [0.4, 0.5) is 0 Å². The molecule has 0 fully saturated rings. The van der Waals surface area contributed by atoms with Gasteiger partial charge in [-0.3, -0.25) is 9.89 Å². The normalized spacial score (nSPS) is 10.6. The molecule has 0 saturated heterocycles. The van der Waals surface area contributed by atoms with Crippen molar-refractivity contribution in [2.45, 2.75) is 13.0 Å². The number of carbonyl (C=O) groups is 1. The summed E-state index contributed by atoms with van der Waals surface area (Å²) < 4.78 is 0. The third-order valence-corrected chi connectivity index (χ3v) is 3.20. The van der Waals surface area contributed by atoms with E-state index in [1.807, 2.05) is 48.5 Å². The summed E-state index contributed by atoms with van der Waals surface area (Å²) in [6, 6.07) is 15.7. The quantitative estimate of drug-likeness (QED) is 0.761. The SMILES string of the molecule is O=C(Cc1ccccc1)NCc1ccc2cn[nH]c2c1. The van der Waals surface area contributed by atoms with E-state index in [0.29, 0.717) is 13.0 Å². The fourth-order valence-electron chi connectivity index (χ4n) is 2.14. The highest BCUT2D eigenvalue weighted by molar-refractivity contribution is 5.80. The smallest absolute Gasteiger partial charge is 0.224 e. The van der Waals surface area contributed by atoms with Crippen molar-refractivity contribution >= 4 is 16.8 Å². The summed E-state index contributed by atoms with van der Waals surface area (Å²) in [5, 5.41) is 10.9. The molecule has 0 atom stereocenters. The number of nitrogens with one attached hydrogen (secondary N) is 2. The molecule has 0 saturated carbocycles. The molecule has 2 aromatic carbocycles. The predicted molar refractivity (Wildman–Crippen MR) is 78.1 cm³/mol. The molecule has 20 heavy (non-hydrogen) atoms. The number of hydrogen-bond donors (Lipinski definition) is 2. The summed E-state index contributed by atoms with van der Waals surface area (Å²) in [6.45, 7) is 0.528. The topological polar surface area (TPSA) is 57.8 Å². The van der Waals surface area contributed by atoms with Gasteiger partial charge in [-0.15, -0.1) is 0 Å². The van der Waals surface area contributed by atoms with E-state index in [4.69, 9.17) is 0 Å². The van der Waals surface area contributed by atoms with E-state index in [-0.39, 0.29) is 5.91 Å². The lowest BCUT2D eigenvalue weighted by Gasteiger charge is -2.05. The van der Waals surface area contributed by atoms with Crippen molar-refractivity contribution in [3.63, 3.8) is 0 Å². The average molecular weight is 265 g/mol. The highest BCUT2D eigenvalue weighted by atomic mass is 16.1. The lowest BCUT2D eigenvalue weighted by atomic mass is 10.1. The van der Waals surface area contributed by atoms with Crippen LogP contribution in [-0.2, 0) is 17.8 Å². The molecule has 0 unspecified atom stereocenters. The highest BCUT2D eigenvalue weighted by Gasteiger charge is 2.03. The van der Waals surface area contributed by atoms with Crippen LogP contribution in [0.15, 0.2) is 54.7 Å². The Kier molecular flexibility index (Phi) is 3.46. The standard InChI is InChI=1S/C16H15N3O/c20-16(9-12-4-2-1-3-5-12)17-10-13-6-7-14-11-18-19-15(14)8-13/h1-8,11H,9-10H2,(H,17,20)(H,18,19). The van der Waals surface area contributed by atoms with E-state index in [2.05, 4.69) is 15.5 Å². The van der Waals surface area contributed by atoms with Gasteiger partial charge in [0.1, 0.15) is 0 Å². The minimum absolute atomic E-state index is 0.0286. The maximum atomic E-state index is 11.9. The molecule has 1 amide bonds. The zero-order valence-electron chi connectivity index (χ0n) is 11.0. The fraction of sp³-hybridized carbons (Fsp3) is 0.125. The number of amides is 1. The fourth-order valence-corrected chi connectivity index (χ4v) is 2.14.